The highest BCUT2D eigenvalue weighted by atomic mass is 32.1. The standard InChI is InChI=1S/C50H54BF4N9O8S2/c1-49(2,27-41(65)59-45-36(52)24-32(25-37(45)53)46(69)60-48-58-19-23-74-48)28-43(67)61(5)29-42(66)56-17-20-71-21-18-57-47(70)50(3,4)62(6)44(68)30-72-35-13-9-31(10-14-35)38-15-11-33-26-34-12-16-39(40-8-7-22-73-40)64(34)51(54,55)63(33)38/h7-16,19,22-26H,17-18,20-21,27-30H2,1-6H3,(H,56,66)(H,57,70)(H,59,65)(H,58,60,69). The lowest BCUT2D eigenvalue weighted by Crippen LogP contribution is -2.56. The number of likely N-dealkylation sites (N-methyl/N-ethyl adjacent to an activating group) is 2. The number of halogens is 4. The fourth-order valence-corrected chi connectivity index (χ4v) is 9.36. The molecule has 2 aromatic carbocycles. The van der Waals surface area contributed by atoms with Crippen LogP contribution in [0.3, 0.4) is 0 Å². The number of carbonyl (C=O) groups excluding carboxylic acids is 6. The van der Waals surface area contributed by atoms with Crippen LogP contribution in [0, 0.1) is 17.0 Å². The Morgan fingerprint density at radius 2 is 1.53 bits per heavy atom. The summed E-state index contributed by atoms with van der Waals surface area (Å²) in [7, 11) is 2.88. The van der Waals surface area contributed by atoms with E-state index < -0.39 is 77.3 Å². The third-order valence-electron chi connectivity index (χ3n) is 12.3. The number of carbonyl (C=O) groups is 6. The van der Waals surface area contributed by atoms with Crippen molar-refractivity contribution in [3.8, 4) is 17.0 Å². The van der Waals surface area contributed by atoms with E-state index in [1.165, 1.54) is 41.4 Å². The molecular formula is C50H54BF4N9O8S2. The Labute approximate surface area is 432 Å². The van der Waals surface area contributed by atoms with Gasteiger partial charge in [0, 0.05) is 86.8 Å². The number of fused-ring (bicyclic) bond motifs is 2. The number of nitrogens with zero attached hydrogens (tertiary/aromatic N) is 5. The topological polar surface area (TPSA) is 196 Å². The molecule has 3 aromatic heterocycles. The molecule has 0 fully saturated rings. The normalized spacial score (nSPS) is 13.6. The molecule has 0 spiro atoms. The molecule has 0 unspecified atom stereocenters. The largest absolute Gasteiger partial charge is 0.737 e. The number of thiazole rings is 1. The quantitative estimate of drug-likeness (QED) is 0.0335. The zero-order valence-corrected chi connectivity index (χ0v) is 42.9. The van der Waals surface area contributed by atoms with Gasteiger partial charge in [-0.2, -0.15) is 0 Å². The molecule has 24 heteroatoms. The highest BCUT2D eigenvalue weighted by Gasteiger charge is 2.53. The summed E-state index contributed by atoms with van der Waals surface area (Å²) in [6, 6.07) is 15.0. The minimum Gasteiger partial charge on any atom is -0.484 e. The summed E-state index contributed by atoms with van der Waals surface area (Å²) in [6.45, 7) is 1.77. The number of benzene rings is 2. The number of allylic oxidation sites excluding steroid dienone is 2. The molecule has 74 heavy (non-hydrogen) atoms. The molecule has 5 aromatic rings. The molecule has 5 heterocycles. The molecule has 17 nitrogen and oxygen atoms in total. The maximum atomic E-state index is 16.3. The summed E-state index contributed by atoms with van der Waals surface area (Å²) in [5.41, 5.74) is -1.25. The van der Waals surface area contributed by atoms with Gasteiger partial charge < -0.3 is 52.8 Å². The Morgan fingerprint density at radius 3 is 2.19 bits per heavy atom. The summed E-state index contributed by atoms with van der Waals surface area (Å²) in [5, 5.41) is 13.7. The van der Waals surface area contributed by atoms with Gasteiger partial charge in [0.15, 0.2) is 34.8 Å². The Hall–Kier alpha value is -7.44. The predicted octanol–water partition coefficient (Wildman–Crippen LogP) is 6.62. The van der Waals surface area contributed by atoms with Crippen LogP contribution >= 0.6 is 22.7 Å². The van der Waals surface area contributed by atoms with Gasteiger partial charge in [-0.25, -0.2) is 13.8 Å². The average molecular weight is 1060 g/mol. The molecule has 7 rings (SSSR count). The van der Waals surface area contributed by atoms with E-state index in [0.717, 1.165) is 37.3 Å². The molecule has 0 aliphatic carbocycles. The van der Waals surface area contributed by atoms with Crippen molar-refractivity contribution in [2.75, 3.05) is 64.2 Å². The van der Waals surface area contributed by atoms with E-state index in [0.29, 0.717) is 34.1 Å². The van der Waals surface area contributed by atoms with Crippen LogP contribution in [0.2, 0.25) is 0 Å². The molecule has 390 valence electrons. The van der Waals surface area contributed by atoms with Crippen molar-refractivity contribution in [3.05, 3.63) is 123 Å². The first kappa shape index (κ1) is 54.3. The lowest BCUT2D eigenvalue weighted by Gasteiger charge is -2.34. The molecule has 0 bridgehead atoms. The zero-order valence-electron chi connectivity index (χ0n) is 41.3. The van der Waals surface area contributed by atoms with Gasteiger partial charge in [0.05, 0.1) is 24.6 Å². The van der Waals surface area contributed by atoms with Crippen LogP contribution < -0.4 is 26.0 Å². The Morgan fingerprint density at radius 1 is 0.824 bits per heavy atom. The van der Waals surface area contributed by atoms with Crippen molar-refractivity contribution in [3.63, 3.8) is 0 Å². The molecule has 6 amide bonds. The zero-order chi connectivity index (χ0) is 53.5. The van der Waals surface area contributed by atoms with Crippen LogP contribution in [0.25, 0.3) is 17.3 Å². The van der Waals surface area contributed by atoms with E-state index in [4.69, 9.17) is 9.47 Å². The van der Waals surface area contributed by atoms with Gasteiger partial charge >= 0.3 is 6.97 Å². The molecule has 4 N–H and O–H groups in total. The molecule has 0 radical (unpaired) electrons. The number of hydrogen-bond acceptors (Lipinski definition) is 11. The second-order valence-electron chi connectivity index (χ2n) is 18.7. The van der Waals surface area contributed by atoms with Crippen molar-refractivity contribution in [1.29, 1.82) is 0 Å². The summed E-state index contributed by atoms with van der Waals surface area (Å²) in [5.74, 6) is -5.48. The number of aromatic nitrogens is 2. The van der Waals surface area contributed by atoms with E-state index in [-0.39, 0.29) is 56.4 Å². The Balaban J connectivity index is 0.772. The number of amides is 6. The number of thiophene rings is 1. The molecule has 2 aliphatic heterocycles. The average Bonchev–Trinajstić information content (AvgIpc) is 4.20. The van der Waals surface area contributed by atoms with Crippen LogP contribution in [0.5, 0.6) is 5.75 Å². The van der Waals surface area contributed by atoms with Crippen molar-refractivity contribution in [2.24, 2.45) is 5.41 Å². The van der Waals surface area contributed by atoms with Crippen LogP contribution in [0.15, 0.2) is 95.5 Å². The van der Waals surface area contributed by atoms with Gasteiger partial charge in [0.25, 0.3) is 11.8 Å². The van der Waals surface area contributed by atoms with E-state index >= 15 is 8.63 Å². The van der Waals surface area contributed by atoms with Gasteiger partial charge in [-0.1, -0.05) is 19.9 Å². The number of hydrogen-bond donors (Lipinski definition) is 4. The van der Waals surface area contributed by atoms with Gasteiger partial charge in [-0.3, -0.25) is 34.1 Å². The van der Waals surface area contributed by atoms with Gasteiger partial charge in [0.2, 0.25) is 23.6 Å². The fourth-order valence-electron chi connectivity index (χ4n) is 8.09. The SMILES string of the molecule is CN(CC(=O)NCCOCCNC(=O)C(C)(C)N(C)C(=O)COc1ccc(-c2ccc3n2[B-](F)(F)[N+]2=C(c4cccs4)C=CC2=C3)cc1)C(=O)CC(C)(C)CC(=O)Nc1c(F)cc(C(=O)Nc2nccs2)cc1F. The van der Waals surface area contributed by atoms with Crippen LogP contribution in [0.4, 0.5) is 28.2 Å². The fraction of sp³-hybridized carbons (Fsp3) is 0.320. The predicted molar refractivity (Wildman–Crippen MR) is 274 cm³/mol. The first-order chi connectivity index (χ1) is 35.0. The lowest BCUT2D eigenvalue weighted by atomic mass is 9.84. The van der Waals surface area contributed by atoms with Crippen molar-refractivity contribution in [2.45, 2.75) is 46.1 Å². The number of anilines is 2. The highest BCUT2D eigenvalue weighted by molar-refractivity contribution is 7.13. The maximum absolute atomic E-state index is 16.3. The molecule has 0 saturated heterocycles. The summed E-state index contributed by atoms with van der Waals surface area (Å²) < 4.78 is 75.8. The van der Waals surface area contributed by atoms with Gasteiger partial charge in [-0.05, 0) is 84.8 Å². The summed E-state index contributed by atoms with van der Waals surface area (Å²) in [4.78, 5) is 84.2. The van der Waals surface area contributed by atoms with E-state index in [1.807, 2.05) is 17.5 Å². The van der Waals surface area contributed by atoms with Crippen molar-refractivity contribution in [1.82, 2.24) is 29.9 Å². The highest BCUT2D eigenvalue weighted by Crippen LogP contribution is 2.38. The molecule has 0 saturated carbocycles. The minimum absolute atomic E-state index is 0.0797. The second-order valence-corrected chi connectivity index (χ2v) is 20.5. The van der Waals surface area contributed by atoms with Crippen LogP contribution in [0.1, 0.15) is 61.5 Å². The van der Waals surface area contributed by atoms with Crippen molar-refractivity contribution < 1.29 is 60.1 Å². The monoisotopic (exact) mass is 1060 g/mol. The summed E-state index contributed by atoms with van der Waals surface area (Å²) in [6.07, 6.45) is 6.11. The molecular weight excluding hydrogens is 1010 g/mol. The van der Waals surface area contributed by atoms with Crippen LogP contribution in [-0.2, 0) is 28.7 Å². The Bertz CT molecular complexity index is 3010. The first-order valence-electron chi connectivity index (χ1n) is 23.3. The third-order valence-corrected chi connectivity index (χ3v) is 13.8. The first-order valence-corrected chi connectivity index (χ1v) is 25.0. The van der Waals surface area contributed by atoms with Gasteiger partial charge in [0.1, 0.15) is 17.0 Å². The lowest BCUT2D eigenvalue weighted by molar-refractivity contribution is -0.359. The van der Waals surface area contributed by atoms with E-state index in [9.17, 15) is 37.5 Å². The number of ether oxygens (including phenoxy) is 2. The molecule has 2 aliphatic rings. The van der Waals surface area contributed by atoms with Crippen LogP contribution in [-0.4, -0.2) is 131 Å². The second kappa shape index (κ2) is 22.8. The Kier molecular flexibility index (Phi) is 16.7. The smallest absolute Gasteiger partial charge is 0.484 e. The van der Waals surface area contributed by atoms with E-state index in [1.54, 1.807) is 87.7 Å². The van der Waals surface area contributed by atoms with Crippen molar-refractivity contribution >= 4 is 87.7 Å². The number of rotatable bonds is 22. The number of nitrogens with one attached hydrogen (secondary N) is 4. The summed E-state index contributed by atoms with van der Waals surface area (Å²) >= 11 is 2.51. The van der Waals surface area contributed by atoms with Gasteiger partial charge in [-0.15, -0.1) is 22.7 Å². The maximum Gasteiger partial charge on any atom is 0.737 e. The molecule has 0 atom stereocenters. The van der Waals surface area contributed by atoms with E-state index in [2.05, 4.69) is 26.3 Å². The third kappa shape index (κ3) is 12.7. The minimum atomic E-state index is -4.23.